The van der Waals surface area contributed by atoms with E-state index in [0.717, 1.165) is 12.0 Å². The number of hydrogen-bond donors (Lipinski definition) is 2. The Morgan fingerprint density at radius 2 is 1.00 bits per heavy atom. The van der Waals surface area contributed by atoms with Gasteiger partial charge in [-0.3, -0.25) is 0 Å². The van der Waals surface area contributed by atoms with Crippen molar-refractivity contribution < 1.29 is 0 Å². The first kappa shape index (κ1) is 16.8. The molecule has 0 amide bonds. The average Bonchev–Trinajstić information content (AvgIpc) is 2.58. The molecule has 2 N–H and O–H groups in total. The van der Waals surface area contributed by atoms with E-state index in [1.807, 2.05) is 0 Å². The zero-order valence-electron chi connectivity index (χ0n) is 14.7. The molecule has 3 saturated carbocycles. The minimum atomic E-state index is 0.497. The second kappa shape index (κ2) is 8.15. The molecule has 1 saturated heterocycles. The van der Waals surface area contributed by atoms with Gasteiger partial charge in [0.15, 0.2) is 0 Å². The van der Waals surface area contributed by atoms with Gasteiger partial charge in [-0.15, -0.1) is 0 Å². The molecule has 128 valence electrons. The summed E-state index contributed by atoms with van der Waals surface area (Å²) in [5.41, 5.74) is 1.35. The molecule has 22 heavy (non-hydrogen) atoms. The van der Waals surface area contributed by atoms with Crippen LogP contribution in [0.25, 0.3) is 0 Å². The quantitative estimate of drug-likeness (QED) is 0.673. The Hall–Kier alpha value is -0.0800. The van der Waals surface area contributed by atoms with Crippen LogP contribution in [0, 0.1) is 5.41 Å². The fourth-order valence-corrected chi connectivity index (χ4v) is 5.49. The molecule has 2 spiro atoms. The number of piperazine rings is 1. The van der Waals surface area contributed by atoms with Gasteiger partial charge in [-0.1, -0.05) is 57.8 Å². The maximum atomic E-state index is 3.67. The van der Waals surface area contributed by atoms with Crippen molar-refractivity contribution in [2.45, 2.75) is 102 Å². The van der Waals surface area contributed by atoms with Crippen molar-refractivity contribution in [2.24, 2.45) is 5.41 Å². The van der Waals surface area contributed by atoms with E-state index in [2.05, 4.69) is 10.6 Å². The molecule has 0 radical (unpaired) electrons. The summed E-state index contributed by atoms with van der Waals surface area (Å²) >= 11 is 0. The largest absolute Gasteiger partial charge is 0.314 e. The van der Waals surface area contributed by atoms with Crippen molar-refractivity contribution >= 4 is 0 Å². The lowest BCUT2D eigenvalue weighted by Crippen LogP contribution is -2.59. The Balaban J connectivity index is 0.000000131. The van der Waals surface area contributed by atoms with E-state index in [9.17, 15) is 0 Å². The lowest BCUT2D eigenvalue weighted by Gasteiger charge is -2.41. The smallest absolute Gasteiger partial charge is 0.0306 e. The topological polar surface area (TPSA) is 24.1 Å². The molecule has 0 bridgehead atoms. The number of nitrogens with one attached hydrogen (secondary N) is 2. The van der Waals surface area contributed by atoms with E-state index in [4.69, 9.17) is 0 Å². The molecule has 0 aromatic rings. The van der Waals surface area contributed by atoms with E-state index in [1.54, 1.807) is 25.7 Å². The van der Waals surface area contributed by atoms with Crippen LogP contribution in [0.15, 0.2) is 0 Å². The Morgan fingerprint density at radius 3 is 1.45 bits per heavy atom. The standard InChI is InChI=1S/C11H20.C9H18N2/c1-3-7-11(8-4-1)9-5-2-6-10-11;1-2-4-9(5-3-1)8-10-6-7-11-9/h1-10H2;10-11H,1-8H2. The van der Waals surface area contributed by atoms with Crippen molar-refractivity contribution in [3.8, 4) is 0 Å². The van der Waals surface area contributed by atoms with Gasteiger partial charge in [0.2, 0.25) is 0 Å². The van der Waals surface area contributed by atoms with Gasteiger partial charge >= 0.3 is 0 Å². The van der Waals surface area contributed by atoms with Gasteiger partial charge in [0.05, 0.1) is 0 Å². The molecule has 2 nitrogen and oxygen atoms in total. The normalized spacial score (nSPS) is 30.5. The van der Waals surface area contributed by atoms with Gasteiger partial charge in [0.1, 0.15) is 0 Å². The average molecular weight is 307 g/mol. The predicted molar refractivity (Wildman–Crippen MR) is 95.3 cm³/mol. The van der Waals surface area contributed by atoms with Crippen LogP contribution in [0.1, 0.15) is 96.3 Å². The van der Waals surface area contributed by atoms with Gasteiger partial charge in [0.25, 0.3) is 0 Å². The second-order valence-electron chi connectivity index (χ2n) is 8.57. The molecule has 0 aromatic heterocycles. The highest BCUT2D eigenvalue weighted by Crippen LogP contribution is 2.47. The van der Waals surface area contributed by atoms with Crippen LogP contribution < -0.4 is 10.6 Å². The molecule has 0 unspecified atom stereocenters. The molecule has 1 aliphatic heterocycles. The van der Waals surface area contributed by atoms with Crippen LogP contribution in [-0.2, 0) is 0 Å². The SMILES string of the molecule is C1CCC2(CC1)CCCCC2.C1CCC2(CC1)CNCCN2. The highest BCUT2D eigenvalue weighted by atomic mass is 15.1. The molecule has 4 rings (SSSR count). The van der Waals surface area contributed by atoms with Crippen LogP contribution in [0.2, 0.25) is 0 Å². The lowest BCUT2D eigenvalue weighted by atomic mass is 9.65. The summed E-state index contributed by atoms with van der Waals surface area (Å²) in [6.45, 7) is 3.52. The summed E-state index contributed by atoms with van der Waals surface area (Å²) in [5.74, 6) is 0. The van der Waals surface area contributed by atoms with Crippen molar-refractivity contribution in [1.29, 1.82) is 0 Å². The molecular formula is C20H38N2. The molecule has 4 aliphatic rings. The minimum absolute atomic E-state index is 0.497. The molecule has 3 aliphatic carbocycles. The monoisotopic (exact) mass is 306 g/mol. The number of rotatable bonds is 0. The van der Waals surface area contributed by atoms with E-state index in [-0.39, 0.29) is 0 Å². The Labute approximate surface area is 138 Å². The molecule has 0 aromatic carbocycles. The van der Waals surface area contributed by atoms with Crippen LogP contribution in [0.4, 0.5) is 0 Å². The summed E-state index contributed by atoms with van der Waals surface area (Å²) in [5, 5.41) is 7.15. The molecule has 1 heterocycles. The van der Waals surface area contributed by atoms with Gasteiger partial charge in [-0.05, 0) is 43.9 Å². The van der Waals surface area contributed by atoms with Crippen LogP contribution in [0.5, 0.6) is 0 Å². The highest BCUT2D eigenvalue weighted by molar-refractivity contribution is 4.95. The van der Waals surface area contributed by atoms with E-state index >= 15 is 0 Å². The Kier molecular flexibility index (Phi) is 6.21. The third-order valence-corrected chi connectivity index (χ3v) is 6.90. The molecule has 2 heteroatoms. The van der Waals surface area contributed by atoms with Crippen molar-refractivity contribution in [3.05, 3.63) is 0 Å². The summed E-state index contributed by atoms with van der Waals surface area (Å²) in [4.78, 5) is 0. The Morgan fingerprint density at radius 1 is 0.500 bits per heavy atom. The lowest BCUT2D eigenvalue weighted by molar-refractivity contribution is 0.124. The maximum absolute atomic E-state index is 3.67. The summed E-state index contributed by atoms with van der Waals surface area (Å²) in [7, 11) is 0. The molecule has 0 atom stereocenters. The van der Waals surface area contributed by atoms with Crippen LogP contribution in [-0.4, -0.2) is 25.2 Å². The van der Waals surface area contributed by atoms with Gasteiger partial charge in [-0.2, -0.15) is 0 Å². The van der Waals surface area contributed by atoms with Crippen LogP contribution in [0.3, 0.4) is 0 Å². The first-order valence-corrected chi connectivity index (χ1v) is 10.3. The minimum Gasteiger partial charge on any atom is -0.314 e. The first-order valence-electron chi connectivity index (χ1n) is 10.3. The van der Waals surface area contributed by atoms with Gasteiger partial charge in [0, 0.05) is 25.2 Å². The Bertz CT molecular complexity index is 231. The van der Waals surface area contributed by atoms with Gasteiger partial charge < -0.3 is 10.6 Å². The van der Waals surface area contributed by atoms with Gasteiger partial charge in [-0.25, -0.2) is 0 Å². The first-order chi connectivity index (χ1) is 10.8. The second-order valence-corrected chi connectivity index (χ2v) is 8.57. The maximum Gasteiger partial charge on any atom is 0.0306 e. The fraction of sp³-hybridized carbons (Fsp3) is 1.00. The van der Waals surface area contributed by atoms with Crippen molar-refractivity contribution in [2.75, 3.05) is 19.6 Å². The zero-order chi connectivity index (χ0) is 15.1. The molecule has 4 fully saturated rings. The highest BCUT2D eigenvalue weighted by Gasteiger charge is 2.33. The van der Waals surface area contributed by atoms with E-state index in [0.29, 0.717) is 5.54 Å². The zero-order valence-corrected chi connectivity index (χ0v) is 14.7. The predicted octanol–water partition coefficient (Wildman–Crippen LogP) is 4.78. The van der Waals surface area contributed by atoms with E-state index < -0.39 is 0 Å². The van der Waals surface area contributed by atoms with E-state index in [1.165, 1.54) is 83.7 Å². The summed E-state index contributed by atoms with van der Waals surface area (Å²) in [6, 6.07) is 0. The van der Waals surface area contributed by atoms with Crippen molar-refractivity contribution in [3.63, 3.8) is 0 Å². The third-order valence-electron chi connectivity index (χ3n) is 6.90. The van der Waals surface area contributed by atoms with Crippen LogP contribution >= 0.6 is 0 Å². The fourth-order valence-electron chi connectivity index (χ4n) is 5.49. The molecular weight excluding hydrogens is 268 g/mol. The summed E-state index contributed by atoms with van der Waals surface area (Å²) < 4.78 is 0. The third kappa shape index (κ3) is 4.47. The van der Waals surface area contributed by atoms with Crippen molar-refractivity contribution in [1.82, 2.24) is 10.6 Å². The summed E-state index contributed by atoms with van der Waals surface area (Å²) in [6.07, 6.45) is 22.5. The number of hydrogen-bond acceptors (Lipinski definition) is 2.